The third-order valence-electron chi connectivity index (χ3n) is 4.91. The Morgan fingerprint density at radius 1 is 1.10 bits per heavy atom. The Hall–Kier alpha value is -3.06. The summed E-state index contributed by atoms with van der Waals surface area (Å²) in [5, 5.41) is 3.88. The van der Waals surface area contributed by atoms with Gasteiger partial charge in [0.15, 0.2) is 0 Å². The van der Waals surface area contributed by atoms with Gasteiger partial charge in [-0.15, -0.1) is 11.3 Å². The Balaban J connectivity index is 1.22. The number of benzene rings is 2. The fourth-order valence-corrected chi connectivity index (χ4v) is 4.40. The lowest BCUT2D eigenvalue weighted by atomic mass is 10.1. The lowest BCUT2D eigenvalue weighted by Gasteiger charge is -2.13. The quantitative estimate of drug-likeness (QED) is 0.609. The van der Waals surface area contributed by atoms with Crippen molar-refractivity contribution in [1.29, 1.82) is 0 Å². The topological polar surface area (TPSA) is 79.4 Å². The van der Waals surface area contributed by atoms with E-state index in [4.69, 9.17) is 0 Å². The van der Waals surface area contributed by atoms with E-state index in [9.17, 15) is 14.4 Å². The summed E-state index contributed by atoms with van der Waals surface area (Å²) in [5.41, 5.74) is 2.82. The van der Waals surface area contributed by atoms with Crippen molar-refractivity contribution >= 4 is 39.3 Å². The fraction of sp³-hybridized carbons (Fsp3) is 0.273. The molecule has 2 aromatic carbocycles. The maximum atomic E-state index is 12.4. The number of nitrogens with one attached hydrogen (secondary N) is 1. The maximum Gasteiger partial charge on any atom is 0.261 e. The number of amides is 3. The predicted molar refractivity (Wildman–Crippen MR) is 112 cm³/mol. The summed E-state index contributed by atoms with van der Waals surface area (Å²) in [6.45, 7) is 2.65. The van der Waals surface area contributed by atoms with Crippen molar-refractivity contribution in [2.75, 3.05) is 13.1 Å². The van der Waals surface area contributed by atoms with Gasteiger partial charge in [-0.25, -0.2) is 4.98 Å². The van der Waals surface area contributed by atoms with Crippen LogP contribution in [0.5, 0.6) is 0 Å². The highest BCUT2D eigenvalue weighted by molar-refractivity contribution is 7.18. The van der Waals surface area contributed by atoms with E-state index in [2.05, 4.69) is 10.3 Å². The van der Waals surface area contributed by atoms with Crippen LogP contribution in [0.1, 0.15) is 44.1 Å². The second kappa shape index (κ2) is 8.13. The highest BCUT2D eigenvalue weighted by Gasteiger charge is 2.34. The third kappa shape index (κ3) is 4.05. The second-order valence-corrected chi connectivity index (χ2v) is 8.21. The summed E-state index contributed by atoms with van der Waals surface area (Å²) < 4.78 is 1.14. The molecule has 0 bridgehead atoms. The first-order valence-electron chi connectivity index (χ1n) is 9.61. The summed E-state index contributed by atoms with van der Waals surface area (Å²) in [6.07, 6.45) is 1.40. The molecule has 29 heavy (non-hydrogen) atoms. The van der Waals surface area contributed by atoms with Gasteiger partial charge in [0.05, 0.1) is 26.4 Å². The van der Waals surface area contributed by atoms with E-state index in [-0.39, 0.29) is 30.7 Å². The van der Waals surface area contributed by atoms with Crippen LogP contribution in [-0.2, 0) is 11.2 Å². The molecule has 4 rings (SSSR count). The zero-order chi connectivity index (χ0) is 20.4. The minimum Gasteiger partial charge on any atom is -0.356 e. The van der Waals surface area contributed by atoms with Crippen LogP contribution < -0.4 is 5.32 Å². The lowest BCUT2D eigenvalue weighted by molar-refractivity contribution is -0.121. The number of hydrogen-bond donors (Lipinski definition) is 1. The normalized spacial score (nSPS) is 13.2. The number of aryl methyl sites for hydroxylation is 1. The van der Waals surface area contributed by atoms with E-state index in [1.807, 2.05) is 37.3 Å². The zero-order valence-corrected chi connectivity index (χ0v) is 16.9. The highest BCUT2D eigenvalue weighted by Crippen LogP contribution is 2.24. The molecule has 1 aliphatic heterocycles. The number of carbonyl (C=O) groups is 3. The summed E-state index contributed by atoms with van der Waals surface area (Å²) in [4.78, 5) is 42.7. The molecule has 0 spiro atoms. The Labute approximate surface area is 172 Å². The molecular formula is C22H21N3O3S. The number of aromatic nitrogens is 1. The molecular weight excluding hydrogens is 386 g/mol. The molecule has 0 radical (unpaired) electrons. The minimum atomic E-state index is -0.277. The van der Waals surface area contributed by atoms with Crippen molar-refractivity contribution in [3.63, 3.8) is 0 Å². The molecule has 1 N–H and O–H groups in total. The van der Waals surface area contributed by atoms with E-state index in [1.54, 1.807) is 23.5 Å². The smallest absolute Gasteiger partial charge is 0.261 e. The Kier molecular flexibility index (Phi) is 5.40. The van der Waals surface area contributed by atoms with Gasteiger partial charge in [0.25, 0.3) is 11.8 Å². The van der Waals surface area contributed by atoms with E-state index in [0.717, 1.165) is 20.8 Å². The predicted octanol–water partition coefficient (Wildman–Crippen LogP) is 3.34. The monoisotopic (exact) mass is 407 g/mol. The summed E-state index contributed by atoms with van der Waals surface area (Å²) in [6, 6.07) is 13.2. The van der Waals surface area contributed by atoms with Crippen molar-refractivity contribution in [3.8, 4) is 0 Å². The number of thiazole rings is 1. The van der Waals surface area contributed by atoms with Crippen molar-refractivity contribution in [2.45, 2.75) is 26.2 Å². The Bertz CT molecular complexity index is 1070. The van der Waals surface area contributed by atoms with Crippen molar-refractivity contribution in [2.24, 2.45) is 0 Å². The van der Waals surface area contributed by atoms with Gasteiger partial charge < -0.3 is 5.32 Å². The van der Waals surface area contributed by atoms with E-state index in [1.165, 1.54) is 4.90 Å². The number of fused-ring (bicyclic) bond motifs is 2. The number of hydrogen-bond acceptors (Lipinski definition) is 5. The molecule has 0 aliphatic carbocycles. The minimum absolute atomic E-state index is 0.0847. The Morgan fingerprint density at radius 2 is 1.90 bits per heavy atom. The van der Waals surface area contributed by atoms with Gasteiger partial charge in [-0.05, 0) is 37.6 Å². The Morgan fingerprint density at radius 3 is 2.72 bits per heavy atom. The van der Waals surface area contributed by atoms with Gasteiger partial charge in [-0.1, -0.05) is 23.8 Å². The lowest BCUT2D eigenvalue weighted by Crippen LogP contribution is -2.32. The second-order valence-electron chi connectivity index (χ2n) is 7.09. The van der Waals surface area contributed by atoms with Crippen molar-refractivity contribution < 1.29 is 14.4 Å². The average Bonchev–Trinajstić information content (AvgIpc) is 3.22. The van der Waals surface area contributed by atoms with Gasteiger partial charge in [0.2, 0.25) is 5.91 Å². The molecule has 0 saturated heterocycles. The average molecular weight is 407 g/mol. The first-order chi connectivity index (χ1) is 14.0. The molecule has 0 saturated carbocycles. The van der Waals surface area contributed by atoms with Gasteiger partial charge in [-0.2, -0.15) is 0 Å². The molecule has 1 aromatic heterocycles. The maximum absolute atomic E-state index is 12.4. The SMILES string of the molecule is Cc1ccc2c(c1)C(=O)N(CCCC(=O)NCCc1nc3ccccc3s1)C2=O. The van der Waals surface area contributed by atoms with Gasteiger partial charge in [0.1, 0.15) is 0 Å². The standard InChI is InChI=1S/C22H21N3O3S/c1-14-8-9-15-16(13-14)22(28)25(21(15)27)12-4-7-19(26)23-11-10-20-24-17-5-2-3-6-18(17)29-20/h2-3,5-6,8-9,13H,4,7,10-12H2,1H3,(H,23,26). The van der Waals surface area contributed by atoms with E-state index < -0.39 is 0 Å². The van der Waals surface area contributed by atoms with Crippen LogP contribution in [0.4, 0.5) is 0 Å². The molecule has 0 unspecified atom stereocenters. The van der Waals surface area contributed by atoms with E-state index in [0.29, 0.717) is 30.5 Å². The number of carbonyl (C=O) groups excluding carboxylic acids is 3. The molecule has 0 atom stereocenters. The largest absolute Gasteiger partial charge is 0.356 e. The highest BCUT2D eigenvalue weighted by atomic mass is 32.1. The molecule has 1 aliphatic rings. The van der Waals surface area contributed by atoms with Crippen LogP contribution in [0.2, 0.25) is 0 Å². The molecule has 3 amide bonds. The van der Waals surface area contributed by atoms with Crippen LogP contribution >= 0.6 is 11.3 Å². The number of para-hydroxylation sites is 1. The molecule has 148 valence electrons. The molecule has 6 nitrogen and oxygen atoms in total. The zero-order valence-electron chi connectivity index (χ0n) is 16.1. The number of rotatable bonds is 7. The van der Waals surface area contributed by atoms with Gasteiger partial charge >= 0.3 is 0 Å². The first-order valence-corrected chi connectivity index (χ1v) is 10.4. The van der Waals surface area contributed by atoms with Gasteiger partial charge in [0, 0.05) is 25.9 Å². The van der Waals surface area contributed by atoms with Crippen LogP contribution in [0.15, 0.2) is 42.5 Å². The molecule has 7 heteroatoms. The van der Waals surface area contributed by atoms with Crippen molar-refractivity contribution in [1.82, 2.24) is 15.2 Å². The summed E-state index contributed by atoms with van der Waals surface area (Å²) in [7, 11) is 0. The summed E-state index contributed by atoms with van der Waals surface area (Å²) >= 11 is 1.63. The first kappa shape index (κ1) is 19.3. The van der Waals surface area contributed by atoms with Gasteiger partial charge in [-0.3, -0.25) is 19.3 Å². The fourth-order valence-electron chi connectivity index (χ4n) is 3.43. The summed E-state index contributed by atoms with van der Waals surface area (Å²) in [5.74, 6) is -0.634. The molecule has 3 aromatic rings. The van der Waals surface area contributed by atoms with Crippen LogP contribution in [0.3, 0.4) is 0 Å². The third-order valence-corrected chi connectivity index (χ3v) is 6.01. The van der Waals surface area contributed by atoms with E-state index >= 15 is 0 Å². The molecule has 2 heterocycles. The van der Waals surface area contributed by atoms with Crippen LogP contribution in [-0.4, -0.2) is 40.7 Å². The number of imide groups is 1. The molecule has 0 fully saturated rings. The van der Waals surface area contributed by atoms with Crippen LogP contribution in [0, 0.1) is 6.92 Å². The van der Waals surface area contributed by atoms with Crippen LogP contribution in [0.25, 0.3) is 10.2 Å². The number of nitrogens with zero attached hydrogens (tertiary/aromatic N) is 2. The van der Waals surface area contributed by atoms with Crippen molar-refractivity contribution in [3.05, 3.63) is 64.2 Å².